The van der Waals surface area contributed by atoms with Crippen LogP contribution in [0, 0.1) is 5.92 Å². The summed E-state index contributed by atoms with van der Waals surface area (Å²) in [5.74, 6) is 2.26. The minimum Gasteiger partial charge on any atom is -0.493 e. The van der Waals surface area contributed by atoms with Gasteiger partial charge in [-0.15, -0.1) is 0 Å². The summed E-state index contributed by atoms with van der Waals surface area (Å²) in [5.41, 5.74) is 1.78. The van der Waals surface area contributed by atoms with Gasteiger partial charge in [0, 0.05) is 25.1 Å². The van der Waals surface area contributed by atoms with Gasteiger partial charge in [0.05, 0.1) is 25.4 Å². The molecule has 1 aromatic carbocycles. The van der Waals surface area contributed by atoms with Crippen molar-refractivity contribution in [3.8, 4) is 5.75 Å². The molecule has 0 atom stereocenters. The predicted octanol–water partition coefficient (Wildman–Crippen LogP) is 3.35. The highest BCUT2D eigenvalue weighted by atomic mass is 16.5. The van der Waals surface area contributed by atoms with Crippen molar-refractivity contribution in [3.05, 3.63) is 23.8 Å². The number of aliphatic hydroxyl groups is 1. The number of unbranched alkanes of at least 4 members (excludes halogenated alkanes) is 1. The number of carbonyl (C=O) groups excluding carboxylic acids is 2. The number of ether oxygens (including phenoxy) is 1. The van der Waals surface area contributed by atoms with Gasteiger partial charge in [0.2, 0.25) is 17.8 Å². The van der Waals surface area contributed by atoms with Crippen molar-refractivity contribution in [2.75, 3.05) is 32.8 Å². The first kappa shape index (κ1) is 24.5. The van der Waals surface area contributed by atoms with Crippen LogP contribution in [0.25, 0.3) is 0 Å². The molecular formula is C26H38N4O4. The summed E-state index contributed by atoms with van der Waals surface area (Å²) < 4.78 is 6.01. The highest BCUT2D eigenvalue weighted by Gasteiger charge is 2.30. The molecule has 4 rings (SSSR count). The first-order valence-electron chi connectivity index (χ1n) is 12.9. The van der Waals surface area contributed by atoms with Crippen molar-refractivity contribution in [1.29, 1.82) is 0 Å². The minimum atomic E-state index is -0.0473. The van der Waals surface area contributed by atoms with Gasteiger partial charge < -0.3 is 19.6 Å². The van der Waals surface area contributed by atoms with Gasteiger partial charge in [0.25, 0.3) is 0 Å². The summed E-state index contributed by atoms with van der Waals surface area (Å²) >= 11 is 0. The fourth-order valence-electron chi connectivity index (χ4n) is 5.24. The molecule has 1 saturated heterocycles. The molecule has 0 unspecified atom stereocenters. The molecule has 186 valence electrons. The summed E-state index contributed by atoms with van der Waals surface area (Å²) in [5, 5.41) is 12.2. The predicted molar refractivity (Wildman–Crippen MR) is 131 cm³/mol. The standard InChI is InChI=1S/C26H38N4O4/c31-16-15-29(14-5-4-10-20-8-2-1-3-9-20)25(33)13-7-17-34-23-12-6-11-22-21(23)18-30-19-24(32)28-26(30)27-22/h6,11-12,20,31H,1-5,7-10,13-19H2,(H,27,28,32). The number of hydrogen-bond donors (Lipinski definition) is 2. The van der Waals surface area contributed by atoms with Gasteiger partial charge in [0.1, 0.15) is 12.3 Å². The molecular weight excluding hydrogens is 432 g/mol. The SMILES string of the molecule is O=C1CN2Cc3c(cccc3OCCCC(=O)N(CCO)CCCCC3CCCCC3)N=C2N1. The van der Waals surface area contributed by atoms with Crippen molar-refractivity contribution >= 4 is 23.5 Å². The van der Waals surface area contributed by atoms with Crippen LogP contribution < -0.4 is 10.1 Å². The van der Waals surface area contributed by atoms with Gasteiger partial charge in [-0.05, 0) is 30.9 Å². The van der Waals surface area contributed by atoms with Crippen LogP contribution in [-0.4, -0.2) is 65.5 Å². The molecule has 2 fully saturated rings. The van der Waals surface area contributed by atoms with Gasteiger partial charge in [-0.2, -0.15) is 0 Å². The van der Waals surface area contributed by atoms with Crippen molar-refractivity contribution in [1.82, 2.24) is 15.1 Å². The lowest BCUT2D eigenvalue weighted by Crippen LogP contribution is -2.34. The van der Waals surface area contributed by atoms with E-state index in [1.54, 1.807) is 4.90 Å². The van der Waals surface area contributed by atoms with Gasteiger partial charge in [-0.1, -0.05) is 51.0 Å². The number of benzene rings is 1. The molecule has 34 heavy (non-hydrogen) atoms. The van der Waals surface area contributed by atoms with E-state index in [2.05, 4.69) is 10.3 Å². The molecule has 2 heterocycles. The lowest BCUT2D eigenvalue weighted by Gasteiger charge is -2.25. The Morgan fingerprint density at radius 2 is 2.00 bits per heavy atom. The maximum Gasteiger partial charge on any atom is 0.246 e. The fourth-order valence-corrected chi connectivity index (χ4v) is 5.24. The maximum atomic E-state index is 12.7. The molecule has 8 heteroatoms. The second kappa shape index (κ2) is 12.2. The number of nitrogens with one attached hydrogen (secondary N) is 1. The number of aliphatic imine (C=N–C) groups is 1. The zero-order chi connectivity index (χ0) is 23.8. The number of hydrogen-bond acceptors (Lipinski definition) is 6. The smallest absolute Gasteiger partial charge is 0.246 e. The Bertz CT molecular complexity index is 882. The van der Waals surface area contributed by atoms with Crippen LogP contribution in [0.5, 0.6) is 5.75 Å². The monoisotopic (exact) mass is 470 g/mol. The molecule has 1 aliphatic carbocycles. The van der Waals surface area contributed by atoms with Crippen LogP contribution >= 0.6 is 0 Å². The zero-order valence-corrected chi connectivity index (χ0v) is 20.1. The highest BCUT2D eigenvalue weighted by Crippen LogP contribution is 2.34. The van der Waals surface area contributed by atoms with Crippen molar-refractivity contribution in [2.24, 2.45) is 10.9 Å². The second-order valence-corrected chi connectivity index (χ2v) is 9.65. The molecule has 2 amide bonds. The van der Waals surface area contributed by atoms with E-state index in [0.29, 0.717) is 45.0 Å². The molecule has 2 N–H and O–H groups in total. The molecule has 2 aliphatic heterocycles. The Balaban J connectivity index is 1.19. The molecule has 8 nitrogen and oxygen atoms in total. The van der Waals surface area contributed by atoms with Crippen LogP contribution in [0.3, 0.4) is 0 Å². The van der Waals surface area contributed by atoms with Gasteiger partial charge in [-0.3, -0.25) is 14.9 Å². The second-order valence-electron chi connectivity index (χ2n) is 9.65. The number of rotatable bonds is 12. The van der Waals surface area contributed by atoms with E-state index in [4.69, 9.17) is 4.74 Å². The van der Waals surface area contributed by atoms with Gasteiger partial charge >= 0.3 is 0 Å². The Morgan fingerprint density at radius 3 is 2.82 bits per heavy atom. The van der Waals surface area contributed by atoms with Gasteiger partial charge in [0.15, 0.2) is 0 Å². The Hall–Kier alpha value is -2.61. The van der Waals surface area contributed by atoms with Crippen molar-refractivity contribution in [2.45, 2.75) is 70.8 Å². The summed E-state index contributed by atoms with van der Waals surface area (Å²) in [7, 11) is 0. The summed E-state index contributed by atoms with van der Waals surface area (Å²) in [6.45, 7) is 2.44. The summed E-state index contributed by atoms with van der Waals surface area (Å²) in [6, 6.07) is 5.73. The van der Waals surface area contributed by atoms with E-state index in [1.807, 2.05) is 23.1 Å². The third-order valence-corrected chi connectivity index (χ3v) is 7.10. The third-order valence-electron chi connectivity index (χ3n) is 7.10. The molecule has 1 aromatic rings. The number of amides is 2. The van der Waals surface area contributed by atoms with E-state index in [1.165, 1.54) is 38.5 Å². The van der Waals surface area contributed by atoms with Crippen LogP contribution in [0.15, 0.2) is 23.2 Å². The summed E-state index contributed by atoms with van der Waals surface area (Å²) in [6.07, 6.45) is 11.3. The topological polar surface area (TPSA) is 94.5 Å². The van der Waals surface area contributed by atoms with Crippen LogP contribution in [-0.2, 0) is 16.1 Å². The highest BCUT2D eigenvalue weighted by molar-refractivity contribution is 6.05. The van der Waals surface area contributed by atoms with E-state index in [-0.39, 0.29) is 18.4 Å². The van der Waals surface area contributed by atoms with E-state index < -0.39 is 0 Å². The first-order chi connectivity index (χ1) is 16.6. The third kappa shape index (κ3) is 6.50. The van der Waals surface area contributed by atoms with Crippen molar-refractivity contribution in [3.63, 3.8) is 0 Å². The molecule has 1 saturated carbocycles. The number of fused-ring (bicyclic) bond motifs is 2. The van der Waals surface area contributed by atoms with E-state index in [0.717, 1.165) is 42.3 Å². The Labute approximate surface area is 202 Å². The zero-order valence-electron chi connectivity index (χ0n) is 20.1. The normalized spacial score (nSPS) is 17.6. The molecule has 3 aliphatic rings. The molecule has 0 spiro atoms. The fraction of sp³-hybridized carbons (Fsp3) is 0.654. The lowest BCUT2D eigenvalue weighted by atomic mass is 9.86. The van der Waals surface area contributed by atoms with E-state index >= 15 is 0 Å². The number of guanidine groups is 1. The quantitative estimate of drug-likeness (QED) is 0.457. The number of carbonyl (C=O) groups is 2. The molecule has 0 radical (unpaired) electrons. The van der Waals surface area contributed by atoms with Crippen molar-refractivity contribution < 1.29 is 19.4 Å². The van der Waals surface area contributed by atoms with Gasteiger partial charge in [-0.25, -0.2) is 4.99 Å². The Kier molecular flexibility index (Phi) is 8.79. The number of nitrogens with zero attached hydrogens (tertiary/aromatic N) is 3. The average Bonchev–Trinajstić information content (AvgIpc) is 3.21. The first-order valence-corrected chi connectivity index (χ1v) is 12.9. The molecule has 0 bridgehead atoms. The Morgan fingerprint density at radius 1 is 1.15 bits per heavy atom. The summed E-state index contributed by atoms with van der Waals surface area (Å²) in [4.78, 5) is 32.6. The van der Waals surface area contributed by atoms with Crippen LogP contribution in [0.1, 0.15) is 69.8 Å². The largest absolute Gasteiger partial charge is 0.493 e. The minimum absolute atomic E-state index is 0.00260. The van der Waals surface area contributed by atoms with E-state index in [9.17, 15) is 14.7 Å². The maximum absolute atomic E-state index is 12.7. The molecule has 0 aromatic heterocycles. The average molecular weight is 471 g/mol. The van der Waals surface area contributed by atoms with Crippen LogP contribution in [0.4, 0.5) is 5.69 Å². The number of aliphatic hydroxyl groups excluding tert-OH is 1. The van der Waals surface area contributed by atoms with Crippen LogP contribution in [0.2, 0.25) is 0 Å². The lowest BCUT2D eigenvalue weighted by molar-refractivity contribution is -0.132.